The Labute approximate surface area is 183 Å². The van der Waals surface area contributed by atoms with Crippen molar-refractivity contribution in [2.75, 3.05) is 12.4 Å². The summed E-state index contributed by atoms with van der Waals surface area (Å²) in [5.41, 5.74) is 5.60. The van der Waals surface area contributed by atoms with Crippen LogP contribution >= 0.6 is 27.3 Å². The summed E-state index contributed by atoms with van der Waals surface area (Å²) in [4.78, 5) is 26.6. The predicted octanol–water partition coefficient (Wildman–Crippen LogP) is 6.45. The summed E-state index contributed by atoms with van der Waals surface area (Å²) >= 11 is 4.81. The summed E-state index contributed by atoms with van der Waals surface area (Å²) in [6.45, 7) is 7.78. The third kappa shape index (κ3) is 4.28. The van der Waals surface area contributed by atoms with Gasteiger partial charge in [0.2, 0.25) is 0 Å². The molecule has 0 fully saturated rings. The lowest BCUT2D eigenvalue weighted by atomic mass is 9.99. The van der Waals surface area contributed by atoms with E-state index in [2.05, 4.69) is 21.2 Å². The third-order valence-corrected chi connectivity index (χ3v) is 6.29. The molecule has 0 radical (unpaired) electrons. The summed E-state index contributed by atoms with van der Waals surface area (Å²) < 4.78 is 5.99. The molecule has 0 saturated carbocycles. The molecule has 2 aromatic carbocycles. The van der Waals surface area contributed by atoms with E-state index in [1.54, 1.807) is 0 Å². The van der Waals surface area contributed by atoms with Gasteiger partial charge in [-0.05, 0) is 56.5 Å². The largest absolute Gasteiger partial charge is 0.465 e. The van der Waals surface area contributed by atoms with Crippen LogP contribution in [0.2, 0.25) is 0 Å². The molecule has 29 heavy (non-hydrogen) atoms. The second-order valence-corrected chi connectivity index (χ2v) is 9.10. The molecule has 4 nitrogen and oxygen atoms in total. The number of carbonyl (C=O) groups excluding carboxylic acids is 2. The van der Waals surface area contributed by atoms with Gasteiger partial charge in [0.15, 0.2) is 0 Å². The summed E-state index contributed by atoms with van der Waals surface area (Å²) in [6, 6.07) is 11.7. The molecule has 1 N–H and O–H groups in total. The Kier molecular flexibility index (Phi) is 6.24. The van der Waals surface area contributed by atoms with Crippen LogP contribution in [0.5, 0.6) is 0 Å². The summed E-state index contributed by atoms with van der Waals surface area (Å²) in [6.07, 6.45) is 0. The molecule has 1 amide bonds. The number of rotatable bonds is 4. The lowest BCUT2D eigenvalue weighted by Crippen LogP contribution is -2.16. The van der Waals surface area contributed by atoms with Crippen LogP contribution in [0.15, 0.2) is 40.9 Å². The van der Waals surface area contributed by atoms with E-state index in [4.69, 9.17) is 4.74 Å². The van der Waals surface area contributed by atoms with E-state index < -0.39 is 5.97 Å². The van der Waals surface area contributed by atoms with E-state index in [-0.39, 0.29) is 5.91 Å². The van der Waals surface area contributed by atoms with Gasteiger partial charge in [-0.2, -0.15) is 0 Å². The van der Waals surface area contributed by atoms with Crippen molar-refractivity contribution in [3.63, 3.8) is 0 Å². The van der Waals surface area contributed by atoms with Gasteiger partial charge in [-0.3, -0.25) is 4.79 Å². The average molecular weight is 472 g/mol. The molecular weight excluding hydrogens is 450 g/mol. The number of anilines is 1. The fraction of sp³-hybridized carbons (Fsp3) is 0.217. The highest BCUT2D eigenvalue weighted by molar-refractivity contribution is 9.10. The van der Waals surface area contributed by atoms with E-state index in [0.717, 1.165) is 37.2 Å². The first-order valence-corrected chi connectivity index (χ1v) is 10.7. The number of thiophene rings is 1. The predicted molar refractivity (Wildman–Crippen MR) is 122 cm³/mol. The normalized spacial score (nSPS) is 10.7. The quantitative estimate of drug-likeness (QED) is 0.444. The molecule has 0 saturated heterocycles. The van der Waals surface area contributed by atoms with Crippen molar-refractivity contribution in [2.24, 2.45) is 0 Å². The molecule has 0 atom stereocenters. The Hall–Kier alpha value is -2.44. The number of methoxy groups -OCH3 is 1. The number of nitrogens with one attached hydrogen (secondary N) is 1. The number of aryl methyl sites for hydroxylation is 4. The van der Waals surface area contributed by atoms with Crippen molar-refractivity contribution in [1.29, 1.82) is 0 Å². The van der Waals surface area contributed by atoms with Crippen LogP contribution in [0.4, 0.5) is 5.00 Å². The van der Waals surface area contributed by atoms with Gasteiger partial charge in [-0.25, -0.2) is 4.79 Å². The second-order valence-electron chi connectivity index (χ2n) is 6.96. The van der Waals surface area contributed by atoms with E-state index in [9.17, 15) is 9.59 Å². The minimum absolute atomic E-state index is 0.228. The van der Waals surface area contributed by atoms with Crippen LogP contribution < -0.4 is 5.32 Å². The summed E-state index contributed by atoms with van der Waals surface area (Å²) in [5.74, 6) is -0.700. The van der Waals surface area contributed by atoms with E-state index in [1.165, 1.54) is 18.4 Å². The topological polar surface area (TPSA) is 55.4 Å². The van der Waals surface area contributed by atoms with Crippen molar-refractivity contribution in [2.45, 2.75) is 27.7 Å². The Bertz CT molecular complexity index is 1080. The minimum Gasteiger partial charge on any atom is -0.465 e. The standard InChI is InChI=1S/C23H22BrNO3S/c1-12-10-13(2)18(14(3)11-12)21(26)25-22-20(23(27)28-5)19(15(4)29-22)16-6-8-17(24)9-7-16/h6-11H,1-5H3,(H,25,26). The molecular formula is C23H22BrNO3S. The van der Waals surface area contributed by atoms with Gasteiger partial charge in [0.05, 0.1) is 7.11 Å². The zero-order valence-corrected chi connectivity index (χ0v) is 19.4. The molecule has 1 heterocycles. The number of hydrogen-bond donors (Lipinski definition) is 1. The Balaban J connectivity index is 2.09. The maximum atomic E-state index is 13.1. The first-order chi connectivity index (χ1) is 13.7. The van der Waals surface area contributed by atoms with Crippen molar-refractivity contribution in [3.05, 3.63) is 73.6 Å². The molecule has 1 aromatic heterocycles. The second kappa shape index (κ2) is 8.51. The Morgan fingerprint density at radius 2 is 1.55 bits per heavy atom. The van der Waals surface area contributed by atoms with Crippen LogP contribution in [-0.2, 0) is 4.74 Å². The molecule has 0 spiro atoms. The van der Waals surface area contributed by atoms with Gasteiger partial charge >= 0.3 is 5.97 Å². The number of amides is 1. The van der Waals surface area contributed by atoms with E-state index in [1.807, 2.05) is 64.1 Å². The van der Waals surface area contributed by atoms with Crippen molar-refractivity contribution in [3.8, 4) is 11.1 Å². The number of benzene rings is 2. The molecule has 0 aliphatic rings. The first kappa shape index (κ1) is 21.3. The van der Waals surface area contributed by atoms with Gasteiger partial charge in [0.1, 0.15) is 10.6 Å². The van der Waals surface area contributed by atoms with Crippen LogP contribution in [-0.4, -0.2) is 19.0 Å². The average Bonchev–Trinajstić information content (AvgIpc) is 2.96. The maximum Gasteiger partial charge on any atom is 0.341 e. The van der Waals surface area contributed by atoms with Crippen molar-refractivity contribution >= 4 is 44.1 Å². The van der Waals surface area contributed by atoms with Crippen LogP contribution in [0.25, 0.3) is 11.1 Å². The zero-order valence-electron chi connectivity index (χ0n) is 17.0. The molecule has 0 aliphatic carbocycles. The third-order valence-electron chi connectivity index (χ3n) is 4.74. The van der Waals surface area contributed by atoms with E-state index in [0.29, 0.717) is 16.1 Å². The number of hydrogen-bond acceptors (Lipinski definition) is 4. The lowest BCUT2D eigenvalue weighted by Gasteiger charge is -2.12. The SMILES string of the molecule is COC(=O)c1c(NC(=O)c2c(C)cc(C)cc2C)sc(C)c1-c1ccc(Br)cc1. The van der Waals surface area contributed by atoms with E-state index >= 15 is 0 Å². The zero-order chi connectivity index (χ0) is 21.3. The van der Waals surface area contributed by atoms with Gasteiger partial charge in [-0.15, -0.1) is 11.3 Å². The molecule has 3 rings (SSSR count). The molecule has 0 aliphatic heterocycles. The first-order valence-electron chi connectivity index (χ1n) is 9.09. The summed E-state index contributed by atoms with van der Waals surface area (Å²) in [7, 11) is 1.35. The van der Waals surface area contributed by atoms with Gasteiger partial charge in [-0.1, -0.05) is 45.8 Å². The minimum atomic E-state index is -0.472. The summed E-state index contributed by atoms with van der Waals surface area (Å²) in [5, 5.41) is 3.45. The van der Waals surface area contributed by atoms with Crippen molar-refractivity contribution in [1.82, 2.24) is 0 Å². The van der Waals surface area contributed by atoms with Gasteiger partial charge < -0.3 is 10.1 Å². The maximum absolute atomic E-state index is 13.1. The van der Waals surface area contributed by atoms with Crippen LogP contribution in [0.1, 0.15) is 42.3 Å². The number of carbonyl (C=O) groups is 2. The number of esters is 1. The van der Waals surface area contributed by atoms with Crippen molar-refractivity contribution < 1.29 is 14.3 Å². The highest BCUT2D eigenvalue weighted by Crippen LogP contribution is 2.41. The molecule has 3 aromatic rings. The monoisotopic (exact) mass is 471 g/mol. The Morgan fingerprint density at radius 3 is 2.10 bits per heavy atom. The highest BCUT2D eigenvalue weighted by Gasteiger charge is 2.26. The Morgan fingerprint density at radius 1 is 0.966 bits per heavy atom. The van der Waals surface area contributed by atoms with Crippen LogP contribution in [0, 0.1) is 27.7 Å². The van der Waals surface area contributed by atoms with Gasteiger partial charge in [0, 0.05) is 20.5 Å². The highest BCUT2D eigenvalue weighted by atomic mass is 79.9. The fourth-order valence-corrected chi connectivity index (χ4v) is 4.92. The van der Waals surface area contributed by atoms with Gasteiger partial charge in [0.25, 0.3) is 5.91 Å². The molecule has 6 heteroatoms. The molecule has 0 unspecified atom stereocenters. The smallest absolute Gasteiger partial charge is 0.341 e. The number of ether oxygens (including phenoxy) is 1. The fourth-order valence-electron chi connectivity index (χ4n) is 3.60. The lowest BCUT2D eigenvalue weighted by molar-refractivity contribution is 0.0603. The number of halogens is 1. The molecule has 150 valence electrons. The molecule has 0 bridgehead atoms. The van der Waals surface area contributed by atoms with Crippen LogP contribution in [0.3, 0.4) is 0 Å².